The smallest absolute Gasteiger partial charge is 0.224 e. The topological polar surface area (TPSA) is 83.5 Å². The molecule has 0 atom stereocenters. The minimum Gasteiger partial charge on any atom is -0.476 e. The molecule has 0 aliphatic carbocycles. The van der Waals surface area contributed by atoms with Gasteiger partial charge >= 0.3 is 0 Å². The van der Waals surface area contributed by atoms with Crippen LogP contribution in [0.5, 0.6) is 5.88 Å². The Kier molecular flexibility index (Phi) is 8.33. The van der Waals surface area contributed by atoms with Crippen LogP contribution in [0.1, 0.15) is 17.1 Å². The number of nitrogens with one attached hydrogen (secondary N) is 1. The van der Waals surface area contributed by atoms with E-state index in [4.69, 9.17) is 4.74 Å². The van der Waals surface area contributed by atoms with Gasteiger partial charge in [-0.3, -0.25) is 9.69 Å². The first-order valence-electron chi connectivity index (χ1n) is 11.8. The lowest BCUT2D eigenvalue weighted by Crippen LogP contribution is -2.45. The highest BCUT2D eigenvalue weighted by Gasteiger charge is 2.14. The van der Waals surface area contributed by atoms with E-state index in [1.807, 2.05) is 12.1 Å². The lowest BCUT2D eigenvalue weighted by Gasteiger charge is -2.32. The van der Waals surface area contributed by atoms with Crippen molar-refractivity contribution in [2.75, 3.05) is 46.4 Å². The zero-order valence-electron chi connectivity index (χ0n) is 20.2. The molecule has 1 aromatic carbocycles. The number of carbonyl (C=O) groups excluding carboxylic acids is 1. The summed E-state index contributed by atoms with van der Waals surface area (Å²) >= 11 is 0. The molecule has 1 aliphatic rings. The number of carbonyl (C=O) groups is 1. The van der Waals surface area contributed by atoms with E-state index < -0.39 is 0 Å². The van der Waals surface area contributed by atoms with Gasteiger partial charge in [-0.05, 0) is 31.2 Å². The van der Waals surface area contributed by atoms with E-state index in [0.29, 0.717) is 30.1 Å². The van der Waals surface area contributed by atoms with E-state index in [-0.39, 0.29) is 24.0 Å². The Hall–Kier alpha value is -3.43. The summed E-state index contributed by atoms with van der Waals surface area (Å²) in [6, 6.07) is 10.3. The fourth-order valence-corrected chi connectivity index (χ4v) is 3.90. The number of hydrogen-bond acceptors (Lipinski definition) is 7. The van der Waals surface area contributed by atoms with Crippen molar-refractivity contribution in [2.45, 2.75) is 19.9 Å². The first-order chi connectivity index (χ1) is 17.0. The standard InChI is InChI=1S/C26H31FN6O2/c1-19-28-8-7-22(31-19)17-29-25(34)15-20-3-5-21(6-4-20)23-18-30-26(16-24(23)27)35-14-13-33-11-9-32(2)10-12-33/h3-8,16,18H,9-15,17H2,1-2H3,(H,29,34). The summed E-state index contributed by atoms with van der Waals surface area (Å²) < 4.78 is 20.4. The Morgan fingerprint density at radius 2 is 1.89 bits per heavy atom. The van der Waals surface area contributed by atoms with Gasteiger partial charge in [-0.1, -0.05) is 24.3 Å². The van der Waals surface area contributed by atoms with Gasteiger partial charge in [0.25, 0.3) is 0 Å². The normalized spacial score (nSPS) is 14.6. The van der Waals surface area contributed by atoms with Crippen LogP contribution in [0, 0.1) is 12.7 Å². The van der Waals surface area contributed by atoms with Gasteiger partial charge in [0.05, 0.1) is 18.7 Å². The van der Waals surface area contributed by atoms with Crippen LogP contribution in [-0.2, 0) is 17.8 Å². The van der Waals surface area contributed by atoms with Gasteiger partial charge in [0.1, 0.15) is 18.2 Å². The lowest BCUT2D eigenvalue weighted by molar-refractivity contribution is -0.120. The quantitative estimate of drug-likeness (QED) is 0.506. The molecule has 0 unspecified atom stereocenters. The Morgan fingerprint density at radius 3 is 2.60 bits per heavy atom. The van der Waals surface area contributed by atoms with Gasteiger partial charge in [0, 0.05) is 56.7 Å². The first-order valence-corrected chi connectivity index (χ1v) is 11.8. The number of nitrogens with zero attached hydrogens (tertiary/aromatic N) is 5. The minimum absolute atomic E-state index is 0.111. The Morgan fingerprint density at radius 1 is 1.11 bits per heavy atom. The first kappa shape index (κ1) is 24.7. The highest BCUT2D eigenvalue weighted by molar-refractivity contribution is 5.78. The van der Waals surface area contributed by atoms with E-state index in [9.17, 15) is 9.18 Å². The third kappa shape index (κ3) is 7.27. The van der Waals surface area contributed by atoms with Gasteiger partial charge in [0.15, 0.2) is 0 Å². The largest absolute Gasteiger partial charge is 0.476 e. The van der Waals surface area contributed by atoms with Gasteiger partial charge < -0.3 is 15.0 Å². The molecule has 3 heterocycles. The third-order valence-corrected chi connectivity index (χ3v) is 6.01. The Bertz CT molecular complexity index is 1130. The number of rotatable bonds is 9. The van der Waals surface area contributed by atoms with Crippen molar-refractivity contribution in [3.8, 4) is 17.0 Å². The number of aryl methyl sites for hydroxylation is 1. The molecule has 0 radical (unpaired) electrons. The molecule has 1 aliphatic heterocycles. The summed E-state index contributed by atoms with van der Waals surface area (Å²) in [6.07, 6.45) is 3.39. The number of aromatic nitrogens is 3. The van der Waals surface area contributed by atoms with Gasteiger partial charge in [-0.25, -0.2) is 19.3 Å². The maximum absolute atomic E-state index is 14.8. The van der Waals surface area contributed by atoms with E-state index in [0.717, 1.165) is 44.0 Å². The number of amides is 1. The predicted octanol–water partition coefficient (Wildman–Crippen LogP) is 2.47. The van der Waals surface area contributed by atoms with Gasteiger partial charge in [-0.2, -0.15) is 0 Å². The summed E-state index contributed by atoms with van der Waals surface area (Å²) in [6.45, 7) is 7.56. The minimum atomic E-state index is -0.389. The number of pyridine rings is 1. The van der Waals surface area contributed by atoms with E-state index >= 15 is 0 Å². The molecule has 1 N–H and O–H groups in total. The zero-order valence-corrected chi connectivity index (χ0v) is 20.2. The molecule has 0 bridgehead atoms. The van der Waals surface area contributed by atoms with Crippen LogP contribution < -0.4 is 10.1 Å². The van der Waals surface area contributed by atoms with Gasteiger partial charge in [-0.15, -0.1) is 0 Å². The second-order valence-corrected chi connectivity index (χ2v) is 8.74. The number of hydrogen-bond donors (Lipinski definition) is 1. The van der Waals surface area contributed by atoms with Crippen LogP contribution in [0.2, 0.25) is 0 Å². The highest BCUT2D eigenvalue weighted by Crippen LogP contribution is 2.25. The summed E-state index contributed by atoms with van der Waals surface area (Å²) in [7, 11) is 2.12. The molecule has 0 saturated carbocycles. The summed E-state index contributed by atoms with van der Waals surface area (Å²) in [4.78, 5) is 29.5. The van der Waals surface area contributed by atoms with Crippen molar-refractivity contribution < 1.29 is 13.9 Å². The number of likely N-dealkylation sites (N-methyl/N-ethyl adjacent to an activating group) is 1. The number of piperazine rings is 1. The molecule has 1 saturated heterocycles. The van der Waals surface area contributed by atoms with E-state index in [1.54, 1.807) is 31.3 Å². The van der Waals surface area contributed by atoms with Crippen LogP contribution in [0.25, 0.3) is 11.1 Å². The molecular formula is C26H31FN6O2. The van der Waals surface area contributed by atoms with Crippen molar-refractivity contribution in [3.05, 3.63) is 71.7 Å². The third-order valence-electron chi connectivity index (χ3n) is 6.01. The molecule has 9 heteroatoms. The second kappa shape index (κ2) is 11.8. The van der Waals surface area contributed by atoms with Crippen LogP contribution in [0.15, 0.2) is 48.8 Å². The van der Waals surface area contributed by atoms with E-state index in [2.05, 4.69) is 37.1 Å². The van der Waals surface area contributed by atoms with Gasteiger partial charge in [0.2, 0.25) is 11.8 Å². The average molecular weight is 479 g/mol. The van der Waals surface area contributed by atoms with Crippen molar-refractivity contribution >= 4 is 5.91 Å². The van der Waals surface area contributed by atoms with Crippen LogP contribution in [-0.4, -0.2) is 77.0 Å². The Balaban J connectivity index is 1.26. The number of benzene rings is 1. The monoisotopic (exact) mass is 478 g/mol. The molecule has 4 rings (SSSR count). The molecule has 2 aromatic heterocycles. The SMILES string of the molecule is Cc1nccc(CNC(=O)Cc2ccc(-c3cnc(OCCN4CCN(C)CC4)cc3F)cc2)n1. The molecular weight excluding hydrogens is 447 g/mol. The predicted molar refractivity (Wildman–Crippen MR) is 131 cm³/mol. The Labute approximate surface area is 205 Å². The van der Waals surface area contributed by atoms with Crippen molar-refractivity contribution in [3.63, 3.8) is 0 Å². The highest BCUT2D eigenvalue weighted by atomic mass is 19.1. The van der Waals surface area contributed by atoms with Crippen LogP contribution >= 0.6 is 0 Å². The molecule has 184 valence electrons. The molecule has 0 spiro atoms. The molecule has 1 fully saturated rings. The van der Waals surface area contributed by atoms with Crippen molar-refractivity contribution in [1.82, 2.24) is 30.1 Å². The summed E-state index contributed by atoms with van der Waals surface area (Å²) in [5.41, 5.74) is 2.68. The summed E-state index contributed by atoms with van der Waals surface area (Å²) in [5, 5.41) is 2.86. The maximum Gasteiger partial charge on any atom is 0.224 e. The van der Waals surface area contributed by atoms with Crippen molar-refractivity contribution in [1.29, 1.82) is 0 Å². The van der Waals surface area contributed by atoms with E-state index in [1.165, 1.54) is 12.3 Å². The average Bonchev–Trinajstić information content (AvgIpc) is 2.85. The lowest BCUT2D eigenvalue weighted by atomic mass is 10.0. The summed E-state index contributed by atoms with van der Waals surface area (Å²) in [5.74, 6) is 0.451. The second-order valence-electron chi connectivity index (χ2n) is 8.74. The maximum atomic E-state index is 14.8. The number of halogens is 1. The van der Waals surface area contributed by atoms with Crippen LogP contribution in [0.3, 0.4) is 0 Å². The molecule has 1 amide bonds. The zero-order chi connectivity index (χ0) is 24.6. The van der Waals surface area contributed by atoms with Crippen LogP contribution in [0.4, 0.5) is 4.39 Å². The molecule has 8 nitrogen and oxygen atoms in total. The molecule has 3 aromatic rings. The number of ether oxygens (including phenoxy) is 1. The van der Waals surface area contributed by atoms with Crippen molar-refractivity contribution in [2.24, 2.45) is 0 Å². The fourth-order valence-electron chi connectivity index (χ4n) is 3.90. The fraction of sp³-hybridized carbons (Fsp3) is 0.385. The molecule has 35 heavy (non-hydrogen) atoms.